The van der Waals surface area contributed by atoms with Gasteiger partial charge in [-0.05, 0) is 91.8 Å². The molecule has 0 fully saturated rings. The van der Waals surface area contributed by atoms with Gasteiger partial charge in [0.25, 0.3) is 0 Å². The summed E-state index contributed by atoms with van der Waals surface area (Å²) < 4.78 is 0. The van der Waals surface area contributed by atoms with Crippen LogP contribution in [0.1, 0.15) is 33.4 Å². The van der Waals surface area contributed by atoms with E-state index >= 15 is 0 Å². The summed E-state index contributed by atoms with van der Waals surface area (Å²) in [6.45, 7) is 4.26. The Hall–Kier alpha value is -3.32. The first kappa shape index (κ1) is 18.7. The quantitative estimate of drug-likeness (QED) is 0.342. The van der Waals surface area contributed by atoms with Crippen molar-refractivity contribution >= 4 is 17.1 Å². The zero-order valence-corrected chi connectivity index (χ0v) is 17.7. The second-order valence-corrected chi connectivity index (χ2v) is 8.45. The molecule has 5 rings (SSSR count). The predicted octanol–water partition coefficient (Wildman–Crippen LogP) is 7.46. The molecule has 0 aromatic heterocycles. The lowest BCUT2D eigenvalue weighted by molar-refractivity contribution is 0.834. The molecule has 0 atom stereocenters. The van der Waals surface area contributed by atoms with E-state index in [0.29, 0.717) is 0 Å². The monoisotopic (exact) mass is 389 g/mol. The van der Waals surface area contributed by atoms with Gasteiger partial charge in [0.15, 0.2) is 0 Å². The Bertz CT molecular complexity index is 1110. The number of nitrogens with zero attached hydrogens (tertiary/aromatic N) is 1. The first-order valence-electron chi connectivity index (χ1n) is 10.8. The largest absolute Gasteiger partial charge is 0.311 e. The van der Waals surface area contributed by atoms with Gasteiger partial charge in [0.2, 0.25) is 0 Å². The van der Waals surface area contributed by atoms with Crippen LogP contribution in [0.3, 0.4) is 0 Å². The summed E-state index contributed by atoms with van der Waals surface area (Å²) in [6.07, 6.45) is 3.48. The molecule has 0 aliphatic heterocycles. The molecule has 0 bridgehead atoms. The fourth-order valence-electron chi connectivity index (χ4n) is 4.19. The summed E-state index contributed by atoms with van der Waals surface area (Å²) >= 11 is 0. The maximum Gasteiger partial charge on any atom is 0.0461 e. The van der Waals surface area contributed by atoms with Crippen LogP contribution in [0.2, 0.25) is 0 Å². The molecule has 148 valence electrons. The number of hydrogen-bond acceptors (Lipinski definition) is 1. The van der Waals surface area contributed by atoms with Gasteiger partial charge in [0.1, 0.15) is 0 Å². The molecule has 0 N–H and O–H groups in total. The van der Waals surface area contributed by atoms with Crippen LogP contribution in [0.25, 0.3) is 0 Å². The van der Waals surface area contributed by atoms with E-state index in [1.54, 1.807) is 0 Å². The fraction of sp³-hybridized carbons (Fsp3) is 0.172. The van der Waals surface area contributed by atoms with E-state index < -0.39 is 0 Å². The molecule has 1 nitrogen and oxygen atoms in total. The lowest BCUT2D eigenvalue weighted by Crippen LogP contribution is -2.10. The highest BCUT2D eigenvalue weighted by Crippen LogP contribution is 2.35. The normalized spacial score (nSPS) is 12.2. The number of hydrogen-bond donors (Lipinski definition) is 0. The first-order valence-corrected chi connectivity index (χ1v) is 10.8. The smallest absolute Gasteiger partial charge is 0.0461 e. The zero-order valence-electron chi connectivity index (χ0n) is 17.7. The Kier molecular flexibility index (Phi) is 4.88. The average molecular weight is 390 g/mol. The molecule has 0 saturated heterocycles. The Labute approximate surface area is 179 Å². The van der Waals surface area contributed by atoms with Gasteiger partial charge in [0.05, 0.1) is 0 Å². The molecule has 0 spiro atoms. The molecule has 0 unspecified atom stereocenters. The lowest BCUT2D eigenvalue weighted by atomic mass is 9.86. The van der Waals surface area contributed by atoms with Gasteiger partial charge in [0, 0.05) is 17.1 Å². The fourth-order valence-corrected chi connectivity index (χ4v) is 4.19. The van der Waals surface area contributed by atoms with Gasteiger partial charge in [-0.1, -0.05) is 65.7 Å². The van der Waals surface area contributed by atoms with Crippen LogP contribution in [0.4, 0.5) is 17.1 Å². The van der Waals surface area contributed by atoms with Crippen molar-refractivity contribution in [3.05, 3.63) is 124 Å². The van der Waals surface area contributed by atoms with Crippen molar-refractivity contribution in [1.82, 2.24) is 0 Å². The van der Waals surface area contributed by atoms with E-state index in [4.69, 9.17) is 0 Å². The van der Waals surface area contributed by atoms with Crippen LogP contribution in [0, 0.1) is 13.8 Å². The van der Waals surface area contributed by atoms with Crippen LogP contribution in [-0.2, 0) is 19.3 Å². The van der Waals surface area contributed by atoms with E-state index in [1.165, 1.54) is 63.3 Å². The van der Waals surface area contributed by atoms with E-state index in [1.807, 2.05) is 0 Å². The van der Waals surface area contributed by atoms with Gasteiger partial charge in [-0.3, -0.25) is 0 Å². The molecule has 4 aromatic rings. The molecule has 0 amide bonds. The van der Waals surface area contributed by atoms with Crippen molar-refractivity contribution in [3.8, 4) is 0 Å². The summed E-state index contributed by atoms with van der Waals surface area (Å²) in [5, 5.41) is 0. The van der Waals surface area contributed by atoms with Gasteiger partial charge in [-0.2, -0.15) is 0 Å². The number of aryl methyl sites for hydroxylation is 4. The third kappa shape index (κ3) is 3.76. The minimum Gasteiger partial charge on any atom is -0.311 e. The molecule has 4 aromatic carbocycles. The van der Waals surface area contributed by atoms with Crippen LogP contribution in [0.15, 0.2) is 91.0 Å². The van der Waals surface area contributed by atoms with Gasteiger partial charge in [-0.15, -0.1) is 0 Å². The average Bonchev–Trinajstić information content (AvgIpc) is 2.74. The Balaban J connectivity index is 1.45. The molecule has 0 saturated carbocycles. The third-order valence-corrected chi connectivity index (χ3v) is 6.12. The maximum atomic E-state index is 2.39. The molecule has 0 heterocycles. The third-order valence-electron chi connectivity index (χ3n) is 6.12. The van der Waals surface area contributed by atoms with Gasteiger partial charge >= 0.3 is 0 Å². The topological polar surface area (TPSA) is 3.24 Å². The number of anilines is 3. The Morgan fingerprint density at radius 1 is 0.533 bits per heavy atom. The van der Waals surface area contributed by atoms with Gasteiger partial charge < -0.3 is 4.90 Å². The summed E-state index contributed by atoms with van der Waals surface area (Å²) in [5.74, 6) is 0. The summed E-state index contributed by atoms with van der Waals surface area (Å²) in [6, 6.07) is 33.5. The Morgan fingerprint density at radius 3 is 1.47 bits per heavy atom. The summed E-state index contributed by atoms with van der Waals surface area (Å²) in [7, 11) is 0. The second-order valence-electron chi connectivity index (χ2n) is 8.45. The first-order chi connectivity index (χ1) is 14.7. The van der Waals surface area contributed by atoms with E-state index in [9.17, 15) is 0 Å². The summed E-state index contributed by atoms with van der Waals surface area (Å²) in [4.78, 5) is 2.33. The van der Waals surface area contributed by atoms with Crippen molar-refractivity contribution in [2.45, 2.75) is 33.1 Å². The highest BCUT2D eigenvalue weighted by molar-refractivity contribution is 5.76. The van der Waals surface area contributed by atoms with E-state index in [2.05, 4.69) is 110 Å². The minimum absolute atomic E-state index is 0.989. The van der Waals surface area contributed by atoms with Crippen molar-refractivity contribution in [1.29, 1.82) is 0 Å². The predicted molar refractivity (Wildman–Crippen MR) is 127 cm³/mol. The van der Waals surface area contributed by atoms with Crippen molar-refractivity contribution in [3.63, 3.8) is 0 Å². The highest BCUT2D eigenvalue weighted by Gasteiger charge is 2.14. The standard InChI is InChI=1S/C29H27N/c1-21-3-13-27(14-4-21)30(28-15-5-22(2)6-16-28)29-17-8-23(9-18-29)19-24-7-10-25-11-12-26(25)20-24/h3-10,13-18,20H,11-12,19H2,1-2H3. The van der Waals surface area contributed by atoms with E-state index in [-0.39, 0.29) is 0 Å². The zero-order chi connectivity index (χ0) is 20.5. The maximum absolute atomic E-state index is 2.39. The minimum atomic E-state index is 0.989. The molecule has 1 aliphatic rings. The lowest BCUT2D eigenvalue weighted by Gasteiger charge is -2.26. The van der Waals surface area contributed by atoms with Gasteiger partial charge in [-0.25, -0.2) is 0 Å². The molecule has 1 aliphatic carbocycles. The molecular formula is C29H27N. The molecule has 30 heavy (non-hydrogen) atoms. The van der Waals surface area contributed by atoms with Crippen LogP contribution >= 0.6 is 0 Å². The summed E-state index contributed by atoms with van der Waals surface area (Å²) in [5.41, 5.74) is 11.9. The molecule has 1 heteroatoms. The number of rotatable bonds is 5. The van der Waals surface area contributed by atoms with Crippen molar-refractivity contribution in [2.24, 2.45) is 0 Å². The van der Waals surface area contributed by atoms with Crippen molar-refractivity contribution < 1.29 is 0 Å². The SMILES string of the molecule is Cc1ccc(N(c2ccc(C)cc2)c2ccc(Cc3ccc4c(c3)CC4)cc2)cc1. The highest BCUT2D eigenvalue weighted by atomic mass is 15.1. The second kappa shape index (κ2) is 7.84. The number of benzene rings is 4. The van der Waals surface area contributed by atoms with Crippen molar-refractivity contribution in [2.75, 3.05) is 4.90 Å². The molecule has 0 radical (unpaired) electrons. The van der Waals surface area contributed by atoms with E-state index in [0.717, 1.165) is 6.42 Å². The van der Waals surface area contributed by atoms with Crippen LogP contribution in [-0.4, -0.2) is 0 Å². The number of fused-ring (bicyclic) bond motifs is 1. The van der Waals surface area contributed by atoms with Crippen LogP contribution in [0.5, 0.6) is 0 Å². The van der Waals surface area contributed by atoms with Crippen LogP contribution < -0.4 is 4.90 Å². The Morgan fingerprint density at radius 2 is 1.00 bits per heavy atom. The molecular weight excluding hydrogens is 362 g/mol.